The number of benzene rings is 1. The Morgan fingerprint density at radius 3 is 2.67 bits per heavy atom. The molecule has 2 N–H and O–H groups in total. The second-order valence-electron chi connectivity index (χ2n) is 4.80. The van der Waals surface area contributed by atoms with Gasteiger partial charge in [0.25, 0.3) is 5.91 Å². The fourth-order valence-electron chi connectivity index (χ4n) is 1.99. The van der Waals surface area contributed by atoms with Gasteiger partial charge in [0.2, 0.25) is 5.76 Å². The van der Waals surface area contributed by atoms with Crippen molar-refractivity contribution in [1.29, 1.82) is 0 Å². The van der Waals surface area contributed by atoms with Crippen molar-refractivity contribution in [2.45, 2.75) is 13.5 Å². The highest BCUT2D eigenvalue weighted by Gasteiger charge is 2.14. The number of aromatic carboxylic acids is 1. The van der Waals surface area contributed by atoms with Gasteiger partial charge >= 0.3 is 5.97 Å². The van der Waals surface area contributed by atoms with Gasteiger partial charge in [-0.05, 0) is 31.2 Å². The Labute approximate surface area is 139 Å². The normalized spacial score (nSPS) is 10.4. The highest BCUT2D eigenvalue weighted by Crippen LogP contribution is 2.18. The van der Waals surface area contributed by atoms with Gasteiger partial charge in [0.1, 0.15) is 18.1 Å². The Hall–Kier alpha value is -2.80. The quantitative estimate of drug-likeness (QED) is 0.684. The van der Waals surface area contributed by atoms with E-state index in [9.17, 15) is 9.59 Å². The highest BCUT2D eigenvalue weighted by molar-refractivity contribution is 5.96. The number of rotatable bonds is 9. The molecule has 2 aromatic rings. The lowest BCUT2D eigenvalue weighted by atomic mass is 10.2. The average molecular weight is 333 g/mol. The van der Waals surface area contributed by atoms with E-state index in [2.05, 4.69) is 5.32 Å². The van der Waals surface area contributed by atoms with Crippen LogP contribution < -0.4 is 10.1 Å². The van der Waals surface area contributed by atoms with Crippen molar-refractivity contribution in [2.24, 2.45) is 0 Å². The predicted octanol–water partition coefficient (Wildman–Crippen LogP) is 2.32. The van der Waals surface area contributed by atoms with Gasteiger partial charge in [0.05, 0.1) is 18.7 Å². The lowest BCUT2D eigenvalue weighted by Crippen LogP contribution is -2.23. The van der Waals surface area contributed by atoms with E-state index in [-0.39, 0.29) is 18.2 Å². The first-order valence-electron chi connectivity index (χ1n) is 7.51. The van der Waals surface area contributed by atoms with E-state index in [0.717, 1.165) is 0 Å². The van der Waals surface area contributed by atoms with Crippen LogP contribution in [0.3, 0.4) is 0 Å². The smallest absolute Gasteiger partial charge is 0.371 e. The summed E-state index contributed by atoms with van der Waals surface area (Å²) in [6.07, 6.45) is 0. The number of carboxylic acid groups (broad SMARTS) is 1. The molecular weight excluding hydrogens is 314 g/mol. The summed E-state index contributed by atoms with van der Waals surface area (Å²) in [5, 5.41) is 11.5. The largest absolute Gasteiger partial charge is 0.490 e. The average Bonchev–Trinajstić information content (AvgIpc) is 3.06. The number of carbonyl (C=O) groups excluding carboxylic acids is 1. The van der Waals surface area contributed by atoms with E-state index in [1.165, 1.54) is 12.1 Å². The fourth-order valence-corrected chi connectivity index (χ4v) is 1.99. The van der Waals surface area contributed by atoms with Gasteiger partial charge in [-0.25, -0.2) is 4.79 Å². The summed E-state index contributed by atoms with van der Waals surface area (Å²) in [6.45, 7) is 3.37. The van der Waals surface area contributed by atoms with Crippen LogP contribution in [0.4, 0.5) is 0 Å². The third kappa shape index (κ3) is 4.85. The van der Waals surface area contributed by atoms with Crippen LogP contribution in [0.5, 0.6) is 5.75 Å². The van der Waals surface area contributed by atoms with Gasteiger partial charge in [0.15, 0.2) is 0 Å². The minimum Gasteiger partial charge on any atom is -0.490 e. The third-order valence-electron chi connectivity index (χ3n) is 3.12. The summed E-state index contributed by atoms with van der Waals surface area (Å²) in [5.41, 5.74) is 0.388. The van der Waals surface area contributed by atoms with Crippen molar-refractivity contribution < 1.29 is 28.6 Å². The molecule has 1 amide bonds. The summed E-state index contributed by atoms with van der Waals surface area (Å²) in [6, 6.07) is 9.72. The van der Waals surface area contributed by atoms with Crippen molar-refractivity contribution >= 4 is 11.9 Å². The molecule has 0 atom stereocenters. The van der Waals surface area contributed by atoms with Gasteiger partial charge in [-0.3, -0.25) is 4.79 Å². The second-order valence-corrected chi connectivity index (χ2v) is 4.80. The molecular formula is C17H19NO6. The summed E-state index contributed by atoms with van der Waals surface area (Å²) < 4.78 is 15.8. The zero-order valence-electron chi connectivity index (χ0n) is 13.3. The maximum Gasteiger partial charge on any atom is 0.371 e. The molecule has 0 aliphatic heterocycles. The zero-order valence-corrected chi connectivity index (χ0v) is 13.3. The molecule has 0 aliphatic carbocycles. The molecule has 1 heterocycles. The van der Waals surface area contributed by atoms with Crippen LogP contribution in [0.1, 0.15) is 33.6 Å². The number of nitrogens with one attached hydrogen (secondary N) is 1. The van der Waals surface area contributed by atoms with E-state index >= 15 is 0 Å². The molecule has 128 valence electrons. The first-order chi connectivity index (χ1) is 11.6. The van der Waals surface area contributed by atoms with Crippen LogP contribution in [0.25, 0.3) is 0 Å². The zero-order chi connectivity index (χ0) is 17.4. The highest BCUT2D eigenvalue weighted by atomic mass is 16.5. The van der Waals surface area contributed by atoms with E-state index in [0.29, 0.717) is 36.9 Å². The number of carboxylic acids is 1. The number of hydrogen-bond donors (Lipinski definition) is 2. The number of amides is 1. The molecule has 0 aliphatic rings. The van der Waals surface area contributed by atoms with Gasteiger partial charge in [-0.1, -0.05) is 12.1 Å². The van der Waals surface area contributed by atoms with E-state index in [1.807, 2.05) is 6.92 Å². The molecule has 1 aromatic heterocycles. The molecule has 0 unspecified atom stereocenters. The Morgan fingerprint density at radius 2 is 1.96 bits per heavy atom. The Bertz CT molecular complexity index is 694. The second kappa shape index (κ2) is 8.73. The fraction of sp³-hybridized carbons (Fsp3) is 0.294. The van der Waals surface area contributed by atoms with Gasteiger partial charge < -0.3 is 24.3 Å². The predicted molar refractivity (Wildman–Crippen MR) is 85.3 cm³/mol. The molecule has 0 saturated heterocycles. The monoisotopic (exact) mass is 333 g/mol. The van der Waals surface area contributed by atoms with Gasteiger partial charge in [-0.2, -0.15) is 0 Å². The number of hydrogen-bond acceptors (Lipinski definition) is 5. The van der Waals surface area contributed by atoms with Crippen molar-refractivity contribution in [1.82, 2.24) is 5.32 Å². The molecule has 2 rings (SSSR count). The maximum atomic E-state index is 12.3. The molecule has 0 fully saturated rings. The topological polar surface area (TPSA) is 98.0 Å². The van der Waals surface area contributed by atoms with Crippen molar-refractivity contribution in [2.75, 3.05) is 19.8 Å². The summed E-state index contributed by atoms with van der Waals surface area (Å²) in [7, 11) is 0. The number of ether oxygens (including phenoxy) is 2. The van der Waals surface area contributed by atoms with E-state index in [1.54, 1.807) is 24.3 Å². The molecule has 7 heteroatoms. The van der Waals surface area contributed by atoms with Crippen LogP contribution in [0, 0.1) is 0 Å². The van der Waals surface area contributed by atoms with Crippen molar-refractivity contribution in [3.63, 3.8) is 0 Å². The number of furan rings is 1. The summed E-state index contributed by atoms with van der Waals surface area (Å²) in [5.74, 6) is -0.842. The van der Waals surface area contributed by atoms with Gasteiger partial charge in [-0.15, -0.1) is 0 Å². The Morgan fingerprint density at radius 1 is 1.17 bits per heavy atom. The minimum absolute atomic E-state index is 0.0827. The van der Waals surface area contributed by atoms with Crippen molar-refractivity contribution in [3.05, 3.63) is 53.5 Å². The third-order valence-corrected chi connectivity index (χ3v) is 3.12. The van der Waals surface area contributed by atoms with E-state index < -0.39 is 5.97 Å². The van der Waals surface area contributed by atoms with Crippen LogP contribution in [0.2, 0.25) is 0 Å². The maximum absolute atomic E-state index is 12.3. The first-order valence-corrected chi connectivity index (χ1v) is 7.51. The molecule has 0 spiro atoms. The minimum atomic E-state index is -1.15. The number of carbonyl (C=O) groups is 2. The SMILES string of the molecule is CCOCCOc1ccccc1C(=O)NCc1ccc(C(=O)O)o1. The standard InChI is InChI=1S/C17H19NO6/c1-2-22-9-10-23-14-6-4-3-5-13(14)16(19)18-11-12-7-8-15(24-12)17(20)21/h3-8H,2,9-11H2,1H3,(H,18,19)(H,20,21). The van der Waals surface area contributed by atoms with Crippen LogP contribution in [0.15, 0.2) is 40.8 Å². The van der Waals surface area contributed by atoms with E-state index in [4.69, 9.17) is 19.0 Å². The molecule has 24 heavy (non-hydrogen) atoms. The summed E-state index contributed by atoms with van der Waals surface area (Å²) in [4.78, 5) is 23.0. The van der Waals surface area contributed by atoms with Gasteiger partial charge in [0, 0.05) is 6.61 Å². The molecule has 0 radical (unpaired) electrons. The lowest BCUT2D eigenvalue weighted by Gasteiger charge is -2.11. The molecule has 0 saturated carbocycles. The molecule has 1 aromatic carbocycles. The van der Waals surface area contributed by atoms with Crippen LogP contribution >= 0.6 is 0 Å². The number of para-hydroxylation sites is 1. The molecule has 0 bridgehead atoms. The Kier molecular flexibility index (Phi) is 6.39. The van der Waals surface area contributed by atoms with Crippen LogP contribution in [-0.2, 0) is 11.3 Å². The first kappa shape index (κ1) is 17.6. The van der Waals surface area contributed by atoms with Crippen LogP contribution in [-0.4, -0.2) is 36.8 Å². The van der Waals surface area contributed by atoms with Crippen molar-refractivity contribution in [3.8, 4) is 5.75 Å². The summed E-state index contributed by atoms with van der Waals surface area (Å²) >= 11 is 0. The lowest BCUT2D eigenvalue weighted by molar-refractivity contribution is 0.0660. The molecule has 7 nitrogen and oxygen atoms in total. The Balaban J connectivity index is 1.94.